The smallest absolute Gasteiger partial charge is 0.302 e. The first kappa shape index (κ1) is 12.8. The molecule has 0 amide bonds. The van der Waals surface area contributed by atoms with Crippen molar-refractivity contribution in [2.75, 3.05) is 0 Å². The average Bonchev–Trinajstić information content (AvgIpc) is 2.30. The van der Waals surface area contributed by atoms with E-state index in [4.69, 9.17) is 4.52 Å². The fourth-order valence-electron chi connectivity index (χ4n) is 2.23. The maximum atomic E-state index is 13.9. The SMILES string of the molecule is O=[P@@](F)(Cc1ccccc1)OC1CCCCC1. The molecule has 4 heteroatoms. The second-order valence-corrected chi connectivity index (χ2v) is 6.31. The highest BCUT2D eigenvalue weighted by molar-refractivity contribution is 7.52. The first-order valence-electron chi connectivity index (χ1n) is 6.17. The minimum atomic E-state index is -3.98. The third-order valence-corrected chi connectivity index (χ3v) is 4.43. The summed E-state index contributed by atoms with van der Waals surface area (Å²) in [6.07, 6.45) is 4.69. The van der Waals surface area contributed by atoms with Crippen LogP contribution in [0.25, 0.3) is 0 Å². The molecule has 1 aliphatic carbocycles. The van der Waals surface area contributed by atoms with Gasteiger partial charge < -0.3 is 4.52 Å². The van der Waals surface area contributed by atoms with Crippen LogP contribution in [0.1, 0.15) is 37.7 Å². The van der Waals surface area contributed by atoms with Crippen LogP contribution in [0.15, 0.2) is 30.3 Å². The van der Waals surface area contributed by atoms with Crippen LogP contribution >= 0.6 is 7.68 Å². The molecule has 17 heavy (non-hydrogen) atoms. The van der Waals surface area contributed by atoms with Gasteiger partial charge in [-0.25, -0.2) is 0 Å². The number of benzene rings is 1. The Bertz CT molecular complexity index is 388. The van der Waals surface area contributed by atoms with E-state index >= 15 is 0 Å². The summed E-state index contributed by atoms with van der Waals surface area (Å²) < 4.78 is 30.8. The molecule has 0 radical (unpaired) electrons. The lowest BCUT2D eigenvalue weighted by molar-refractivity contribution is 0.145. The first-order chi connectivity index (χ1) is 8.16. The lowest BCUT2D eigenvalue weighted by Crippen LogP contribution is -2.14. The molecule has 1 atom stereocenters. The van der Waals surface area contributed by atoms with Gasteiger partial charge in [0.1, 0.15) is 0 Å². The summed E-state index contributed by atoms with van der Waals surface area (Å²) in [5.74, 6) is 0. The van der Waals surface area contributed by atoms with E-state index in [1.165, 1.54) is 6.42 Å². The Kier molecular flexibility index (Phi) is 4.36. The summed E-state index contributed by atoms with van der Waals surface area (Å²) in [6, 6.07) is 9.04. The molecule has 0 bridgehead atoms. The largest absolute Gasteiger partial charge is 0.372 e. The predicted molar refractivity (Wildman–Crippen MR) is 66.8 cm³/mol. The Balaban J connectivity index is 1.92. The maximum absolute atomic E-state index is 13.9. The summed E-state index contributed by atoms with van der Waals surface area (Å²) in [7, 11) is -3.98. The molecular formula is C13H18FO2P. The summed E-state index contributed by atoms with van der Waals surface area (Å²) in [5.41, 5.74) is 0.731. The second-order valence-electron chi connectivity index (χ2n) is 4.60. The van der Waals surface area contributed by atoms with Crippen molar-refractivity contribution in [2.45, 2.75) is 44.4 Å². The van der Waals surface area contributed by atoms with Crippen LogP contribution in [0, 0.1) is 0 Å². The van der Waals surface area contributed by atoms with Crippen LogP contribution in [0.4, 0.5) is 4.20 Å². The highest BCUT2D eigenvalue weighted by atomic mass is 31.2. The van der Waals surface area contributed by atoms with Gasteiger partial charge in [0, 0.05) is 0 Å². The van der Waals surface area contributed by atoms with Crippen molar-refractivity contribution in [3.05, 3.63) is 35.9 Å². The Labute approximate surface area is 102 Å². The normalized spacial score (nSPS) is 21.0. The number of hydrogen-bond donors (Lipinski definition) is 0. The fourth-order valence-corrected chi connectivity index (χ4v) is 3.61. The molecule has 0 aliphatic heterocycles. The van der Waals surface area contributed by atoms with E-state index in [0.717, 1.165) is 31.2 Å². The molecule has 2 nitrogen and oxygen atoms in total. The minimum Gasteiger partial charge on any atom is -0.302 e. The topological polar surface area (TPSA) is 26.3 Å². The molecular weight excluding hydrogens is 238 g/mol. The van der Waals surface area contributed by atoms with Gasteiger partial charge >= 0.3 is 7.68 Å². The molecule has 0 aromatic heterocycles. The zero-order chi connectivity index (χ0) is 12.1. The van der Waals surface area contributed by atoms with Crippen molar-refractivity contribution in [3.8, 4) is 0 Å². The molecule has 0 N–H and O–H groups in total. The van der Waals surface area contributed by atoms with E-state index in [2.05, 4.69) is 0 Å². The maximum Gasteiger partial charge on any atom is 0.372 e. The molecule has 94 valence electrons. The zero-order valence-electron chi connectivity index (χ0n) is 9.85. The van der Waals surface area contributed by atoms with Crippen LogP contribution < -0.4 is 0 Å². The van der Waals surface area contributed by atoms with Crippen molar-refractivity contribution in [1.82, 2.24) is 0 Å². The Morgan fingerprint density at radius 3 is 2.47 bits per heavy atom. The van der Waals surface area contributed by atoms with Gasteiger partial charge in [0.15, 0.2) is 0 Å². The molecule has 1 aromatic carbocycles. The molecule has 1 aliphatic rings. The predicted octanol–water partition coefficient (Wildman–Crippen LogP) is 4.70. The Morgan fingerprint density at radius 1 is 1.18 bits per heavy atom. The van der Waals surface area contributed by atoms with E-state index in [9.17, 15) is 8.76 Å². The van der Waals surface area contributed by atoms with E-state index in [0.29, 0.717) is 0 Å². The number of hydrogen-bond acceptors (Lipinski definition) is 2. The molecule has 1 saturated carbocycles. The lowest BCUT2D eigenvalue weighted by atomic mass is 9.98. The van der Waals surface area contributed by atoms with E-state index < -0.39 is 7.68 Å². The molecule has 1 aromatic rings. The third-order valence-electron chi connectivity index (χ3n) is 3.07. The summed E-state index contributed by atoms with van der Waals surface area (Å²) >= 11 is 0. The van der Waals surface area contributed by atoms with E-state index in [1.54, 1.807) is 12.1 Å². The number of halogens is 1. The summed E-state index contributed by atoms with van der Waals surface area (Å²) in [6.45, 7) is 0. The van der Waals surface area contributed by atoms with Crippen LogP contribution in [0.5, 0.6) is 0 Å². The molecule has 0 heterocycles. The minimum absolute atomic E-state index is 0.107. The zero-order valence-corrected chi connectivity index (χ0v) is 10.7. The molecule has 2 rings (SSSR count). The highest BCUT2D eigenvalue weighted by Gasteiger charge is 2.28. The Morgan fingerprint density at radius 2 is 1.82 bits per heavy atom. The van der Waals surface area contributed by atoms with Crippen molar-refractivity contribution < 1.29 is 13.3 Å². The molecule has 0 saturated heterocycles. The van der Waals surface area contributed by atoms with Gasteiger partial charge in [-0.15, -0.1) is 0 Å². The van der Waals surface area contributed by atoms with Crippen molar-refractivity contribution in [1.29, 1.82) is 0 Å². The third kappa shape index (κ3) is 4.25. The monoisotopic (exact) mass is 256 g/mol. The van der Waals surface area contributed by atoms with Gasteiger partial charge in [-0.2, -0.15) is 4.20 Å². The highest BCUT2D eigenvalue weighted by Crippen LogP contribution is 2.54. The average molecular weight is 256 g/mol. The van der Waals surface area contributed by atoms with Crippen molar-refractivity contribution >= 4 is 7.68 Å². The fraction of sp³-hybridized carbons (Fsp3) is 0.538. The Hall–Kier alpha value is -0.660. The van der Waals surface area contributed by atoms with Gasteiger partial charge in [0.2, 0.25) is 0 Å². The van der Waals surface area contributed by atoms with E-state index in [-0.39, 0.29) is 12.3 Å². The van der Waals surface area contributed by atoms with Crippen LogP contribution in [0.3, 0.4) is 0 Å². The second kappa shape index (κ2) is 5.79. The van der Waals surface area contributed by atoms with Crippen LogP contribution in [-0.4, -0.2) is 6.10 Å². The van der Waals surface area contributed by atoms with Crippen LogP contribution in [0.2, 0.25) is 0 Å². The van der Waals surface area contributed by atoms with Gasteiger partial charge in [0.05, 0.1) is 12.3 Å². The lowest BCUT2D eigenvalue weighted by Gasteiger charge is -2.23. The van der Waals surface area contributed by atoms with Gasteiger partial charge in [-0.3, -0.25) is 4.57 Å². The molecule has 1 fully saturated rings. The van der Waals surface area contributed by atoms with E-state index in [1.807, 2.05) is 18.2 Å². The van der Waals surface area contributed by atoms with Gasteiger partial charge in [-0.1, -0.05) is 49.6 Å². The van der Waals surface area contributed by atoms with Crippen molar-refractivity contribution in [3.63, 3.8) is 0 Å². The standard InChI is InChI=1S/C13H18FO2P/c14-17(15,11-12-7-3-1-4-8-12)16-13-9-5-2-6-10-13/h1,3-4,7-8,13H,2,5-6,9-11H2/t17-/m0/s1. The van der Waals surface area contributed by atoms with Crippen molar-refractivity contribution in [2.24, 2.45) is 0 Å². The summed E-state index contributed by atoms with van der Waals surface area (Å²) in [4.78, 5) is 0. The first-order valence-corrected chi connectivity index (χ1v) is 7.87. The quantitative estimate of drug-likeness (QED) is 0.730. The molecule has 0 unspecified atom stereocenters. The van der Waals surface area contributed by atoms with Crippen LogP contribution in [-0.2, 0) is 15.3 Å². The van der Waals surface area contributed by atoms with Gasteiger partial charge in [0.25, 0.3) is 0 Å². The molecule has 0 spiro atoms. The summed E-state index contributed by atoms with van der Waals surface area (Å²) in [5, 5.41) is 0. The van der Waals surface area contributed by atoms with Gasteiger partial charge in [-0.05, 0) is 18.4 Å². The number of rotatable bonds is 4.